The summed E-state index contributed by atoms with van der Waals surface area (Å²) >= 11 is 1.64. The van der Waals surface area contributed by atoms with Gasteiger partial charge in [-0.15, -0.1) is 11.3 Å². The molecule has 5 heteroatoms. The summed E-state index contributed by atoms with van der Waals surface area (Å²) in [6, 6.07) is 15.4. The molecule has 25 heavy (non-hydrogen) atoms. The van der Waals surface area contributed by atoms with E-state index in [1.54, 1.807) is 11.3 Å². The molecule has 1 saturated heterocycles. The van der Waals surface area contributed by atoms with Crippen LogP contribution in [-0.2, 0) is 13.0 Å². The molecule has 4 rings (SSSR count). The summed E-state index contributed by atoms with van der Waals surface area (Å²) in [4.78, 5) is 8.18. The van der Waals surface area contributed by atoms with Crippen molar-refractivity contribution in [1.29, 1.82) is 0 Å². The molecule has 1 fully saturated rings. The number of likely N-dealkylation sites (tertiary alicyclic amines) is 1. The quantitative estimate of drug-likeness (QED) is 0.639. The normalized spacial score (nSPS) is 18.5. The topological polar surface area (TPSA) is 42.2 Å². The molecular weight excluding hydrogens is 330 g/mol. The second-order valence-electron chi connectivity index (χ2n) is 6.63. The number of hydrogen-bond acceptors (Lipinski definition) is 5. The molecule has 130 valence electrons. The molecule has 4 nitrogen and oxygen atoms in total. The van der Waals surface area contributed by atoms with Crippen LogP contribution in [0.5, 0.6) is 0 Å². The summed E-state index contributed by atoms with van der Waals surface area (Å²) in [6.45, 7) is 1.88. The van der Waals surface area contributed by atoms with Crippen LogP contribution >= 0.6 is 11.3 Å². The Labute approximate surface area is 152 Å². The first-order chi connectivity index (χ1) is 12.4. The van der Waals surface area contributed by atoms with E-state index in [0.717, 1.165) is 30.3 Å². The molecule has 1 atom stereocenters. The number of thiophene rings is 1. The third kappa shape index (κ3) is 4.17. The van der Waals surface area contributed by atoms with Crippen molar-refractivity contribution in [3.63, 3.8) is 0 Å². The number of piperidine rings is 1. The molecule has 1 aliphatic rings. The SMILES string of the molecule is c1ccc(CCC2CCCCN2Cc2nc(-c3cccs3)no2)cc1. The smallest absolute Gasteiger partial charge is 0.241 e. The molecule has 1 aliphatic heterocycles. The largest absolute Gasteiger partial charge is 0.338 e. The van der Waals surface area contributed by atoms with E-state index in [-0.39, 0.29) is 0 Å². The van der Waals surface area contributed by atoms with Crippen molar-refractivity contribution in [3.05, 3.63) is 59.3 Å². The fourth-order valence-electron chi connectivity index (χ4n) is 3.57. The van der Waals surface area contributed by atoms with Gasteiger partial charge in [-0.25, -0.2) is 0 Å². The van der Waals surface area contributed by atoms with Crippen LogP contribution in [0.4, 0.5) is 0 Å². The van der Waals surface area contributed by atoms with E-state index in [9.17, 15) is 0 Å². The summed E-state index contributed by atoms with van der Waals surface area (Å²) in [5.74, 6) is 1.44. The van der Waals surface area contributed by atoms with Crippen LogP contribution in [0.1, 0.15) is 37.1 Å². The fraction of sp³-hybridized carbons (Fsp3) is 0.400. The predicted octanol–water partition coefficient (Wildman–Crippen LogP) is 4.79. The Morgan fingerprint density at radius 1 is 1.12 bits per heavy atom. The van der Waals surface area contributed by atoms with Crippen molar-refractivity contribution in [3.8, 4) is 10.7 Å². The lowest BCUT2D eigenvalue weighted by Gasteiger charge is -2.34. The lowest BCUT2D eigenvalue weighted by molar-refractivity contribution is 0.117. The molecule has 1 unspecified atom stereocenters. The maximum absolute atomic E-state index is 5.51. The second kappa shape index (κ2) is 7.93. The highest BCUT2D eigenvalue weighted by atomic mass is 32.1. The van der Waals surface area contributed by atoms with Gasteiger partial charge in [0.05, 0.1) is 11.4 Å². The Bertz CT molecular complexity index is 769. The minimum atomic E-state index is 0.603. The molecule has 0 saturated carbocycles. The monoisotopic (exact) mass is 353 g/mol. The molecule has 0 radical (unpaired) electrons. The second-order valence-corrected chi connectivity index (χ2v) is 7.58. The maximum atomic E-state index is 5.51. The lowest BCUT2D eigenvalue weighted by Crippen LogP contribution is -2.39. The Balaban J connectivity index is 1.39. The molecule has 0 spiro atoms. The van der Waals surface area contributed by atoms with Crippen molar-refractivity contribution in [1.82, 2.24) is 15.0 Å². The highest BCUT2D eigenvalue weighted by molar-refractivity contribution is 7.13. The Morgan fingerprint density at radius 3 is 2.88 bits per heavy atom. The summed E-state index contributed by atoms with van der Waals surface area (Å²) in [6.07, 6.45) is 6.16. The van der Waals surface area contributed by atoms with Gasteiger partial charge in [0.15, 0.2) is 0 Å². The first-order valence-electron chi connectivity index (χ1n) is 9.03. The van der Waals surface area contributed by atoms with E-state index in [2.05, 4.69) is 45.4 Å². The summed E-state index contributed by atoms with van der Waals surface area (Å²) in [5, 5.41) is 6.18. The van der Waals surface area contributed by atoms with E-state index in [1.165, 1.54) is 31.2 Å². The zero-order valence-corrected chi connectivity index (χ0v) is 15.1. The summed E-state index contributed by atoms with van der Waals surface area (Å²) in [5.41, 5.74) is 1.42. The first kappa shape index (κ1) is 16.5. The van der Waals surface area contributed by atoms with Gasteiger partial charge in [-0.05, 0) is 49.2 Å². The third-order valence-electron chi connectivity index (χ3n) is 4.91. The van der Waals surface area contributed by atoms with Gasteiger partial charge >= 0.3 is 0 Å². The van der Waals surface area contributed by atoms with Crippen molar-refractivity contribution in [2.24, 2.45) is 0 Å². The molecule has 0 bridgehead atoms. The standard InChI is InChI=1S/C20H23N3OS/c1-2-7-16(8-3-1)11-12-17-9-4-5-13-23(17)15-19-21-20(22-24-19)18-10-6-14-25-18/h1-3,6-8,10,14,17H,4-5,9,11-13,15H2. The number of benzene rings is 1. The number of aryl methyl sites for hydroxylation is 1. The van der Waals surface area contributed by atoms with E-state index >= 15 is 0 Å². The average Bonchev–Trinajstić information content (AvgIpc) is 3.33. The molecule has 0 aliphatic carbocycles. The van der Waals surface area contributed by atoms with Crippen LogP contribution < -0.4 is 0 Å². The van der Waals surface area contributed by atoms with Crippen molar-refractivity contribution in [2.45, 2.75) is 44.7 Å². The summed E-state index contributed by atoms with van der Waals surface area (Å²) in [7, 11) is 0. The molecule has 3 aromatic rings. The molecule has 1 aromatic carbocycles. The van der Waals surface area contributed by atoms with Gasteiger partial charge in [0.25, 0.3) is 0 Å². The predicted molar refractivity (Wildman–Crippen MR) is 100 cm³/mol. The maximum Gasteiger partial charge on any atom is 0.241 e. The van der Waals surface area contributed by atoms with Crippen LogP contribution in [0.3, 0.4) is 0 Å². The van der Waals surface area contributed by atoms with Gasteiger partial charge in [-0.3, -0.25) is 4.90 Å². The highest BCUT2D eigenvalue weighted by Crippen LogP contribution is 2.25. The molecular formula is C20H23N3OS. The van der Waals surface area contributed by atoms with E-state index in [1.807, 2.05) is 17.5 Å². The van der Waals surface area contributed by atoms with E-state index in [4.69, 9.17) is 4.52 Å². The number of rotatable bonds is 6. The summed E-state index contributed by atoms with van der Waals surface area (Å²) < 4.78 is 5.51. The van der Waals surface area contributed by atoms with Gasteiger partial charge in [-0.1, -0.05) is 48.0 Å². The lowest BCUT2D eigenvalue weighted by atomic mass is 9.96. The van der Waals surface area contributed by atoms with Crippen LogP contribution in [0.15, 0.2) is 52.4 Å². The zero-order valence-electron chi connectivity index (χ0n) is 14.3. The van der Waals surface area contributed by atoms with Gasteiger partial charge in [0, 0.05) is 6.04 Å². The number of nitrogens with zero attached hydrogens (tertiary/aromatic N) is 3. The number of aromatic nitrogens is 2. The van der Waals surface area contributed by atoms with Gasteiger partial charge in [0.2, 0.25) is 11.7 Å². The Kier molecular flexibility index (Phi) is 5.23. The Morgan fingerprint density at radius 2 is 2.04 bits per heavy atom. The van der Waals surface area contributed by atoms with Crippen LogP contribution in [0.2, 0.25) is 0 Å². The molecule has 3 heterocycles. The fourth-order valence-corrected chi connectivity index (χ4v) is 4.22. The van der Waals surface area contributed by atoms with Crippen LogP contribution in [-0.4, -0.2) is 27.6 Å². The van der Waals surface area contributed by atoms with Crippen molar-refractivity contribution < 1.29 is 4.52 Å². The van der Waals surface area contributed by atoms with Crippen molar-refractivity contribution >= 4 is 11.3 Å². The van der Waals surface area contributed by atoms with Gasteiger partial charge in [-0.2, -0.15) is 4.98 Å². The van der Waals surface area contributed by atoms with E-state index in [0.29, 0.717) is 11.9 Å². The van der Waals surface area contributed by atoms with Crippen LogP contribution in [0.25, 0.3) is 10.7 Å². The van der Waals surface area contributed by atoms with Crippen molar-refractivity contribution in [2.75, 3.05) is 6.54 Å². The van der Waals surface area contributed by atoms with Crippen LogP contribution in [0, 0.1) is 0 Å². The zero-order chi connectivity index (χ0) is 16.9. The number of hydrogen-bond donors (Lipinski definition) is 0. The Hall–Kier alpha value is -1.98. The third-order valence-corrected chi connectivity index (χ3v) is 5.77. The average molecular weight is 353 g/mol. The van der Waals surface area contributed by atoms with Gasteiger partial charge in [0.1, 0.15) is 0 Å². The minimum absolute atomic E-state index is 0.603. The molecule has 0 amide bonds. The van der Waals surface area contributed by atoms with E-state index < -0.39 is 0 Å². The highest BCUT2D eigenvalue weighted by Gasteiger charge is 2.24. The first-order valence-corrected chi connectivity index (χ1v) is 9.91. The molecule has 0 N–H and O–H groups in total. The molecule has 2 aromatic heterocycles. The minimum Gasteiger partial charge on any atom is -0.338 e. The van der Waals surface area contributed by atoms with Gasteiger partial charge < -0.3 is 4.52 Å².